The molecule has 0 aromatic heterocycles. The fourth-order valence-electron chi connectivity index (χ4n) is 1.32. The number of rotatable bonds is 4. The summed E-state index contributed by atoms with van der Waals surface area (Å²) in [5.41, 5.74) is 4.59. The Balaban J connectivity index is 3.35. The number of hydrogen-bond acceptors (Lipinski definition) is 3. The number of halogens is 4. The number of benzene rings is 1. The van der Waals surface area contributed by atoms with Gasteiger partial charge in [-0.2, -0.15) is 0 Å². The van der Waals surface area contributed by atoms with Gasteiger partial charge in [0.05, 0.1) is 18.7 Å². The molecule has 0 unspecified atom stereocenters. The van der Waals surface area contributed by atoms with Gasteiger partial charge in [-0.15, -0.1) is 0 Å². The minimum absolute atomic E-state index is 0.165. The predicted molar refractivity (Wildman–Crippen MR) is 63.5 cm³/mol. The number of alkyl halides is 2. The first-order chi connectivity index (χ1) is 9.27. The first-order valence-corrected chi connectivity index (χ1v) is 6.72. The Hall–Kier alpha value is -1.63. The minimum Gasteiger partial charge on any atom is -0.320 e. The summed E-state index contributed by atoms with van der Waals surface area (Å²) in [4.78, 5) is -0.986. The van der Waals surface area contributed by atoms with Crippen molar-refractivity contribution < 1.29 is 26.0 Å². The Labute approximate surface area is 113 Å². The van der Waals surface area contributed by atoms with E-state index in [9.17, 15) is 26.0 Å². The van der Waals surface area contributed by atoms with Gasteiger partial charge in [0.15, 0.2) is 0 Å². The topological polar surface area (TPSA) is 72.2 Å². The van der Waals surface area contributed by atoms with Crippen LogP contribution in [0.2, 0.25) is 0 Å². The second-order valence-electron chi connectivity index (χ2n) is 3.51. The highest BCUT2D eigenvalue weighted by Gasteiger charge is 2.24. The largest absolute Gasteiger partial charge is 0.320 e. The van der Waals surface area contributed by atoms with Crippen molar-refractivity contribution in [3.8, 4) is 11.8 Å². The number of sulfonamides is 1. The molecule has 110 valence electrons. The molecule has 0 saturated heterocycles. The zero-order valence-electron chi connectivity index (χ0n) is 9.96. The number of nitrogens with one attached hydrogen (secondary N) is 1. The Morgan fingerprint density at radius 2 is 1.95 bits per heavy atom. The molecule has 0 atom stereocenters. The standard InChI is InChI=1S/C11H10F4N2O2S/c12-8-4-7(2-1-3-16)11(9(13)5-8)20(18,19)17-6-10(14)15/h4-5,10,17H,3,6,16H2. The fourth-order valence-corrected chi connectivity index (χ4v) is 2.52. The van der Waals surface area contributed by atoms with Gasteiger partial charge in [0.1, 0.15) is 16.5 Å². The van der Waals surface area contributed by atoms with Crippen LogP contribution < -0.4 is 10.5 Å². The van der Waals surface area contributed by atoms with E-state index in [1.165, 1.54) is 4.72 Å². The van der Waals surface area contributed by atoms with E-state index in [1.54, 1.807) is 0 Å². The Kier molecular flexibility index (Phi) is 5.50. The summed E-state index contributed by atoms with van der Waals surface area (Å²) in [7, 11) is -4.58. The molecule has 0 amide bonds. The lowest BCUT2D eigenvalue weighted by molar-refractivity contribution is 0.153. The van der Waals surface area contributed by atoms with Crippen LogP contribution in [-0.4, -0.2) is 27.9 Å². The molecule has 0 aliphatic rings. The van der Waals surface area contributed by atoms with Gasteiger partial charge < -0.3 is 5.73 Å². The predicted octanol–water partition coefficient (Wildman–Crippen LogP) is 0.818. The third-order valence-electron chi connectivity index (χ3n) is 2.03. The number of hydrogen-bond donors (Lipinski definition) is 2. The average Bonchev–Trinajstić information content (AvgIpc) is 2.32. The van der Waals surface area contributed by atoms with Gasteiger partial charge in [0, 0.05) is 6.07 Å². The summed E-state index contributed by atoms with van der Waals surface area (Å²) in [6.45, 7) is -1.36. The smallest absolute Gasteiger partial charge is 0.251 e. The van der Waals surface area contributed by atoms with E-state index in [1.807, 2.05) is 0 Å². The lowest BCUT2D eigenvalue weighted by Gasteiger charge is -2.09. The third kappa shape index (κ3) is 4.19. The Morgan fingerprint density at radius 3 is 2.50 bits per heavy atom. The fraction of sp³-hybridized carbons (Fsp3) is 0.273. The second kappa shape index (κ2) is 6.69. The van der Waals surface area contributed by atoms with Gasteiger partial charge in [0.25, 0.3) is 6.43 Å². The van der Waals surface area contributed by atoms with Crippen LogP contribution in [-0.2, 0) is 10.0 Å². The zero-order chi connectivity index (χ0) is 15.3. The van der Waals surface area contributed by atoms with Gasteiger partial charge in [-0.25, -0.2) is 30.7 Å². The molecule has 4 nitrogen and oxygen atoms in total. The second-order valence-corrected chi connectivity index (χ2v) is 5.22. The van der Waals surface area contributed by atoms with E-state index in [0.717, 1.165) is 0 Å². The lowest BCUT2D eigenvalue weighted by atomic mass is 10.2. The molecule has 1 aromatic carbocycles. The van der Waals surface area contributed by atoms with Crippen molar-refractivity contribution in [3.63, 3.8) is 0 Å². The molecule has 1 rings (SSSR count). The van der Waals surface area contributed by atoms with E-state index >= 15 is 0 Å². The first kappa shape index (κ1) is 16.4. The highest BCUT2D eigenvalue weighted by atomic mass is 32.2. The molecular formula is C11H10F4N2O2S. The van der Waals surface area contributed by atoms with Crippen molar-refractivity contribution in [1.82, 2.24) is 4.72 Å². The van der Waals surface area contributed by atoms with E-state index < -0.39 is 45.1 Å². The maximum absolute atomic E-state index is 13.6. The van der Waals surface area contributed by atoms with Gasteiger partial charge in [0.2, 0.25) is 10.0 Å². The van der Waals surface area contributed by atoms with Crippen LogP contribution in [0, 0.1) is 23.5 Å². The molecule has 0 bridgehead atoms. The molecule has 20 heavy (non-hydrogen) atoms. The zero-order valence-corrected chi connectivity index (χ0v) is 10.8. The SMILES string of the molecule is NCC#Cc1cc(F)cc(F)c1S(=O)(=O)NCC(F)F. The lowest BCUT2D eigenvalue weighted by Crippen LogP contribution is -2.30. The molecular weight excluding hydrogens is 300 g/mol. The van der Waals surface area contributed by atoms with E-state index in [4.69, 9.17) is 5.73 Å². The minimum atomic E-state index is -4.58. The maximum atomic E-state index is 13.6. The molecule has 0 aliphatic heterocycles. The number of nitrogens with two attached hydrogens (primary N) is 1. The van der Waals surface area contributed by atoms with Crippen LogP contribution >= 0.6 is 0 Å². The van der Waals surface area contributed by atoms with E-state index in [-0.39, 0.29) is 6.54 Å². The van der Waals surface area contributed by atoms with E-state index in [0.29, 0.717) is 12.1 Å². The van der Waals surface area contributed by atoms with Crippen molar-refractivity contribution >= 4 is 10.0 Å². The summed E-state index contributed by atoms with van der Waals surface area (Å²) in [5, 5.41) is 0. The molecule has 0 spiro atoms. The molecule has 9 heteroatoms. The van der Waals surface area contributed by atoms with Crippen molar-refractivity contribution in [1.29, 1.82) is 0 Å². The Bertz CT molecular complexity index is 650. The quantitative estimate of drug-likeness (QED) is 0.639. The highest BCUT2D eigenvalue weighted by Crippen LogP contribution is 2.20. The molecule has 0 saturated carbocycles. The van der Waals surface area contributed by atoms with Gasteiger partial charge in [-0.3, -0.25) is 0 Å². The first-order valence-electron chi connectivity index (χ1n) is 5.23. The molecule has 1 aromatic rings. The van der Waals surface area contributed by atoms with Crippen LogP contribution in [0.5, 0.6) is 0 Å². The van der Waals surface area contributed by atoms with Crippen LogP contribution in [0.25, 0.3) is 0 Å². The summed E-state index contributed by atoms with van der Waals surface area (Å²) in [5.74, 6) is 1.96. The van der Waals surface area contributed by atoms with Crippen molar-refractivity contribution in [3.05, 3.63) is 29.3 Å². The summed E-state index contributed by atoms with van der Waals surface area (Å²) < 4.78 is 75.7. The third-order valence-corrected chi connectivity index (χ3v) is 3.53. The average molecular weight is 310 g/mol. The molecule has 0 aliphatic carbocycles. The van der Waals surface area contributed by atoms with Crippen LogP contribution in [0.1, 0.15) is 5.56 Å². The molecule has 0 fully saturated rings. The highest BCUT2D eigenvalue weighted by molar-refractivity contribution is 7.89. The summed E-state index contributed by atoms with van der Waals surface area (Å²) >= 11 is 0. The maximum Gasteiger partial charge on any atom is 0.251 e. The van der Waals surface area contributed by atoms with Crippen molar-refractivity contribution in [2.45, 2.75) is 11.3 Å². The molecule has 3 N–H and O–H groups in total. The van der Waals surface area contributed by atoms with Crippen molar-refractivity contribution in [2.75, 3.05) is 13.1 Å². The summed E-state index contributed by atoms with van der Waals surface area (Å²) in [6.07, 6.45) is -2.95. The van der Waals surface area contributed by atoms with E-state index in [2.05, 4.69) is 11.8 Å². The molecule has 0 radical (unpaired) electrons. The van der Waals surface area contributed by atoms with Gasteiger partial charge in [-0.05, 0) is 6.07 Å². The van der Waals surface area contributed by atoms with Gasteiger partial charge >= 0.3 is 0 Å². The van der Waals surface area contributed by atoms with Crippen LogP contribution in [0.4, 0.5) is 17.6 Å². The van der Waals surface area contributed by atoms with Gasteiger partial charge in [-0.1, -0.05) is 11.8 Å². The van der Waals surface area contributed by atoms with Crippen LogP contribution in [0.15, 0.2) is 17.0 Å². The molecule has 0 heterocycles. The summed E-state index contributed by atoms with van der Waals surface area (Å²) in [6, 6.07) is 1.01. The Morgan fingerprint density at radius 1 is 1.30 bits per heavy atom. The normalized spacial score (nSPS) is 11.3. The van der Waals surface area contributed by atoms with Crippen molar-refractivity contribution in [2.24, 2.45) is 5.73 Å². The van der Waals surface area contributed by atoms with Crippen LogP contribution in [0.3, 0.4) is 0 Å². The monoisotopic (exact) mass is 310 g/mol.